The van der Waals surface area contributed by atoms with Gasteiger partial charge in [0.25, 0.3) is 0 Å². The van der Waals surface area contributed by atoms with Crippen LogP contribution in [0.1, 0.15) is 63.5 Å². The molecule has 4 rings (SSSR count). The summed E-state index contributed by atoms with van der Waals surface area (Å²) in [5, 5.41) is 0. The second-order valence-electron chi connectivity index (χ2n) is 10.9. The molecule has 0 saturated carbocycles. The van der Waals surface area contributed by atoms with Crippen LogP contribution in [0.5, 0.6) is 0 Å². The lowest BCUT2D eigenvalue weighted by Crippen LogP contribution is -2.53. The average Bonchev–Trinajstić information content (AvgIpc) is 3.19. The molecule has 208 valence electrons. The lowest BCUT2D eigenvalue weighted by molar-refractivity contribution is -0.200. The fourth-order valence-electron chi connectivity index (χ4n) is 5.96. The molecule has 1 spiro atoms. The smallest absolute Gasteiger partial charge is 0.425 e. The average molecular weight is 536 g/mol. The quantitative estimate of drug-likeness (QED) is 0.415. The summed E-state index contributed by atoms with van der Waals surface area (Å²) in [6.07, 6.45) is -7.43. The molecule has 3 aliphatic heterocycles. The molecular formula is C26H35F6N3O2. The zero-order valence-electron chi connectivity index (χ0n) is 21.3. The van der Waals surface area contributed by atoms with E-state index in [9.17, 15) is 31.1 Å². The monoisotopic (exact) mass is 535 g/mol. The summed E-state index contributed by atoms with van der Waals surface area (Å²) in [6.45, 7) is 5.96. The highest BCUT2D eigenvalue weighted by molar-refractivity contribution is 5.68. The Kier molecular flexibility index (Phi) is 7.93. The third kappa shape index (κ3) is 6.46. The van der Waals surface area contributed by atoms with Crippen LogP contribution in [0.3, 0.4) is 0 Å². The number of alkyl halides is 6. The SMILES string of the molecule is CC1CCCN(c2cc(CN3CCCC34CCN(C(=O)OC(C)C(F)(F)F)CC4)cc(C(F)(F)F)c2)C1. The Bertz CT molecular complexity index is 959. The summed E-state index contributed by atoms with van der Waals surface area (Å²) < 4.78 is 84.2. The van der Waals surface area contributed by atoms with Gasteiger partial charge in [0.05, 0.1) is 5.56 Å². The molecule has 3 fully saturated rings. The first kappa shape index (κ1) is 27.9. The molecule has 1 aromatic carbocycles. The van der Waals surface area contributed by atoms with Gasteiger partial charge in [0, 0.05) is 44.0 Å². The summed E-state index contributed by atoms with van der Waals surface area (Å²) >= 11 is 0. The van der Waals surface area contributed by atoms with E-state index >= 15 is 0 Å². The fourth-order valence-corrected chi connectivity index (χ4v) is 5.96. The maximum absolute atomic E-state index is 13.8. The largest absolute Gasteiger partial charge is 0.437 e. The molecule has 2 unspecified atom stereocenters. The molecule has 0 N–H and O–H groups in total. The fraction of sp³-hybridized carbons (Fsp3) is 0.731. The van der Waals surface area contributed by atoms with Crippen LogP contribution < -0.4 is 4.90 Å². The van der Waals surface area contributed by atoms with Gasteiger partial charge in [0.2, 0.25) is 0 Å². The van der Waals surface area contributed by atoms with Crippen LogP contribution in [0.25, 0.3) is 0 Å². The van der Waals surface area contributed by atoms with Crippen LogP contribution in [0, 0.1) is 5.92 Å². The zero-order chi connectivity index (χ0) is 27.0. The first-order valence-corrected chi connectivity index (χ1v) is 13.0. The number of rotatable bonds is 4. The third-order valence-electron chi connectivity index (χ3n) is 8.13. The van der Waals surface area contributed by atoms with Crippen LogP contribution in [-0.4, -0.2) is 66.4 Å². The van der Waals surface area contributed by atoms with E-state index in [0.717, 1.165) is 52.2 Å². The van der Waals surface area contributed by atoms with Crippen molar-refractivity contribution >= 4 is 11.8 Å². The van der Waals surface area contributed by atoms with Crippen molar-refractivity contribution in [2.75, 3.05) is 37.6 Å². The molecule has 0 bridgehead atoms. The van der Waals surface area contributed by atoms with Crippen molar-refractivity contribution in [1.29, 1.82) is 0 Å². The van der Waals surface area contributed by atoms with Crippen molar-refractivity contribution in [3.05, 3.63) is 29.3 Å². The number of ether oxygens (including phenoxy) is 1. The second-order valence-corrected chi connectivity index (χ2v) is 10.9. The van der Waals surface area contributed by atoms with E-state index in [4.69, 9.17) is 0 Å². The molecule has 3 heterocycles. The first-order chi connectivity index (χ1) is 17.3. The zero-order valence-corrected chi connectivity index (χ0v) is 21.3. The van der Waals surface area contributed by atoms with E-state index in [1.54, 1.807) is 0 Å². The molecular weight excluding hydrogens is 500 g/mol. The number of amides is 1. The Hall–Kier alpha value is -2.17. The molecule has 1 amide bonds. The topological polar surface area (TPSA) is 36.0 Å². The minimum absolute atomic E-state index is 0.249. The minimum Gasteiger partial charge on any atom is -0.437 e. The van der Waals surface area contributed by atoms with Crippen molar-refractivity contribution < 1.29 is 35.9 Å². The molecule has 0 radical (unpaired) electrons. The van der Waals surface area contributed by atoms with E-state index in [2.05, 4.69) is 16.6 Å². The predicted octanol–water partition coefficient (Wildman–Crippen LogP) is 6.46. The van der Waals surface area contributed by atoms with Crippen molar-refractivity contribution in [2.24, 2.45) is 5.92 Å². The molecule has 0 aliphatic carbocycles. The number of likely N-dealkylation sites (tertiary alicyclic amines) is 2. The minimum atomic E-state index is -4.62. The highest BCUT2D eigenvalue weighted by atomic mass is 19.4. The molecule has 2 atom stereocenters. The van der Waals surface area contributed by atoms with Gasteiger partial charge in [-0.1, -0.05) is 6.92 Å². The number of anilines is 1. The van der Waals surface area contributed by atoms with E-state index in [0.29, 0.717) is 36.6 Å². The Labute approximate surface area is 213 Å². The van der Waals surface area contributed by atoms with Gasteiger partial charge < -0.3 is 14.5 Å². The van der Waals surface area contributed by atoms with Crippen LogP contribution in [0.2, 0.25) is 0 Å². The van der Waals surface area contributed by atoms with E-state index < -0.39 is 30.1 Å². The van der Waals surface area contributed by atoms with Crippen molar-refractivity contribution in [3.63, 3.8) is 0 Å². The molecule has 11 heteroatoms. The van der Waals surface area contributed by atoms with Crippen LogP contribution in [-0.2, 0) is 17.5 Å². The van der Waals surface area contributed by atoms with Gasteiger partial charge in [-0.25, -0.2) is 4.79 Å². The summed E-state index contributed by atoms with van der Waals surface area (Å²) in [5.41, 5.74) is 0.259. The van der Waals surface area contributed by atoms with Crippen LogP contribution in [0.4, 0.5) is 36.8 Å². The lowest BCUT2D eigenvalue weighted by Gasteiger charge is -2.45. The lowest BCUT2D eigenvalue weighted by atomic mass is 9.84. The van der Waals surface area contributed by atoms with Crippen LogP contribution in [0.15, 0.2) is 18.2 Å². The number of hydrogen-bond acceptors (Lipinski definition) is 4. The van der Waals surface area contributed by atoms with E-state index in [-0.39, 0.29) is 18.6 Å². The highest BCUT2D eigenvalue weighted by Gasteiger charge is 2.45. The molecule has 0 aromatic heterocycles. The van der Waals surface area contributed by atoms with E-state index in [1.165, 1.54) is 17.0 Å². The first-order valence-electron chi connectivity index (χ1n) is 13.0. The number of carbonyl (C=O) groups is 1. The van der Waals surface area contributed by atoms with Crippen molar-refractivity contribution in [2.45, 2.75) is 82.9 Å². The molecule has 37 heavy (non-hydrogen) atoms. The standard InChI is InChI=1S/C26H35F6N3O2/c1-18-5-3-9-34(16-18)22-14-20(13-21(15-22)26(30,31)32)17-35-10-4-6-24(35)7-11-33(12-8-24)23(36)37-19(2)25(27,28)29/h13-15,18-19H,3-12,16-17H2,1-2H3. The third-order valence-corrected chi connectivity index (χ3v) is 8.13. The molecule has 3 saturated heterocycles. The Morgan fingerprint density at radius 1 is 1.03 bits per heavy atom. The van der Waals surface area contributed by atoms with E-state index in [1.807, 2.05) is 11.0 Å². The Morgan fingerprint density at radius 3 is 2.35 bits per heavy atom. The summed E-state index contributed by atoms with van der Waals surface area (Å²) in [6, 6.07) is 4.34. The Morgan fingerprint density at radius 2 is 1.73 bits per heavy atom. The van der Waals surface area contributed by atoms with Gasteiger partial charge in [0.1, 0.15) is 0 Å². The summed E-state index contributed by atoms with van der Waals surface area (Å²) in [5.74, 6) is 0.421. The maximum atomic E-state index is 13.8. The molecule has 3 aliphatic rings. The van der Waals surface area contributed by atoms with Gasteiger partial charge in [-0.05, 0) is 81.7 Å². The Balaban J connectivity index is 1.47. The number of benzene rings is 1. The highest BCUT2D eigenvalue weighted by Crippen LogP contribution is 2.41. The molecule has 5 nitrogen and oxygen atoms in total. The van der Waals surface area contributed by atoms with Crippen molar-refractivity contribution in [1.82, 2.24) is 9.80 Å². The van der Waals surface area contributed by atoms with Gasteiger partial charge in [-0.3, -0.25) is 4.90 Å². The second kappa shape index (κ2) is 10.5. The summed E-state index contributed by atoms with van der Waals surface area (Å²) in [7, 11) is 0. The van der Waals surface area contributed by atoms with Crippen LogP contribution >= 0.6 is 0 Å². The molecule has 1 aromatic rings. The number of hydrogen-bond donors (Lipinski definition) is 0. The summed E-state index contributed by atoms with van der Waals surface area (Å²) in [4.78, 5) is 17.8. The maximum Gasteiger partial charge on any atom is 0.425 e. The number of halogens is 6. The predicted molar refractivity (Wildman–Crippen MR) is 127 cm³/mol. The van der Waals surface area contributed by atoms with Gasteiger partial charge >= 0.3 is 18.4 Å². The number of piperidine rings is 2. The normalized spacial score (nSPS) is 23.9. The van der Waals surface area contributed by atoms with Gasteiger partial charge in [0.15, 0.2) is 6.10 Å². The van der Waals surface area contributed by atoms with Gasteiger partial charge in [-0.2, -0.15) is 26.3 Å². The number of carbonyl (C=O) groups excluding carboxylic acids is 1. The van der Waals surface area contributed by atoms with Crippen molar-refractivity contribution in [3.8, 4) is 0 Å². The number of nitrogens with zero attached hydrogens (tertiary/aromatic N) is 3. The van der Waals surface area contributed by atoms with Gasteiger partial charge in [-0.15, -0.1) is 0 Å².